The Morgan fingerprint density at radius 3 is 1.66 bits per heavy atom. The van der Waals surface area contributed by atoms with E-state index in [1.807, 2.05) is 12.1 Å². The van der Waals surface area contributed by atoms with E-state index in [0.717, 1.165) is 27.5 Å². The minimum atomic E-state index is -1.62. The number of rotatable bonds is 6. The average molecular weight is 918 g/mol. The van der Waals surface area contributed by atoms with Crippen molar-refractivity contribution in [2.45, 2.75) is 6.42 Å². The van der Waals surface area contributed by atoms with E-state index in [-0.39, 0.29) is 22.6 Å². The van der Waals surface area contributed by atoms with Crippen molar-refractivity contribution in [3.05, 3.63) is 150 Å². The Morgan fingerprint density at radius 1 is 0.620 bits per heavy atom. The second-order valence-electron chi connectivity index (χ2n) is 10.1. The van der Waals surface area contributed by atoms with Gasteiger partial charge in [0.2, 0.25) is 11.6 Å². The normalized spacial score (nSPS) is 10.5. The van der Waals surface area contributed by atoms with Gasteiger partial charge in [-0.25, -0.2) is 17.6 Å². The molecule has 0 atom stereocenters. The third-order valence-corrected chi connectivity index (χ3v) is 8.20. The number of halogens is 8. The number of hydrogen-bond donors (Lipinski definition) is 0. The van der Waals surface area contributed by atoms with Crippen molar-refractivity contribution in [1.29, 1.82) is 0 Å². The molecule has 0 unspecified atom stereocenters. The molecule has 0 N–H and O–H groups in total. The van der Waals surface area contributed by atoms with E-state index in [2.05, 4.69) is 41.8 Å². The summed E-state index contributed by atoms with van der Waals surface area (Å²) >= 11 is 16.2. The number of Topliss-reactive ketones (excluding diaryl/α,β-unsaturated/α-hetero) is 3. The summed E-state index contributed by atoms with van der Waals surface area (Å²) in [5.41, 5.74) is 1.43. The molecule has 0 aliphatic carbocycles. The molecule has 0 aliphatic rings. The van der Waals surface area contributed by atoms with Gasteiger partial charge in [-0.3, -0.25) is 24.4 Å². The molecule has 4 aromatic carbocycles. The van der Waals surface area contributed by atoms with Crippen LogP contribution >= 0.6 is 55.1 Å². The zero-order chi connectivity index (χ0) is 36.7. The van der Waals surface area contributed by atoms with Gasteiger partial charge in [0, 0.05) is 56.2 Å². The van der Waals surface area contributed by atoms with Crippen molar-refractivity contribution in [3.8, 4) is 0 Å². The Morgan fingerprint density at radius 2 is 1.10 bits per heavy atom. The van der Waals surface area contributed by atoms with Gasteiger partial charge in [-0.05, 0) is 92.0 Å². The summed E-state index contributed by atoms with van der Waals surface area (Å²) < 4.78 is 72.3. The van der Waals surface area contributed by atoms with Crippen LogP contribution in [0.3, 0.4) is 0 Å². The van der Waals surface area contributed by atoms with Crippen LogP contribution in [0.15, 0.2) is 94.1 Å². The van der Waals surface area contributed by atoms with E-state index in [9.17, 15) is 31.9 Å². The monoisotopic (exact) mass is 916 g/mol. The molecule has 0 radical (unpaired) electrons. The molecular formula is C34H16Br2Cl2F4N2O5Se. The van der Waals surface area contributed by atoms with E-state index >= 15 is 0 Å². The number of nitrogens with zero attached hydrogens (tertiary/aromatic N) is 2. The number of carbonyl (C=O) groups excluding carboxylic acids is 3. The van der Waals surface area contributed by atoms with Crippen LogP contribution in [0.1, 0.15) is 36.6 Å². The number of carbonyl (C=O) groups is 3. The van der Waals surface area contributed by atoms with E-state index in [4.69, 9.17) is 30.9 Å². The summed E-state index contributed by atoms with van der Waals surface area (Å²) in [6.45, 7) is 0. The van der Waals surface area contributed by atoms with E-state index in [1.165, 1.54) is 12.1 Å². The molecule has 0 saturated heterocycles. The van der Waals surface area contributed by atoms with Crippen LogP contribution in [-0.2, 0) is 14.1 Å². The summed E-state index contributed by atoms with van der Waals surface area (Å²) in [5, 5.41) is 0.795. The SMILES string of the molecule is O=C(C(=O)c1cc(Cl)c(F)cc1F)c1ccc2ncc(Br)cc2c1.O=C(Cc1ccc2ncc(Br)cc2c1)c1cc(Cl)c(F)cc1F.O=[Se]=O. The molecular weight excluding hydrogens is 902 g/mol. The first-order valence-electron chi connectivity index (χ1n) is 13.6. The van der Waals surface area contributed by atoms with Crippen LogP contribution < -0.4 is 0 Å². The molecule has 50 heavy (non-hydrogen) atoms. The van der Waals surface area contributed by atoms with Crippen LogP contribution in [-0.4, -0.2) is 42.1 Å². The minimum absolute atomic E-state index is 0.0126. The van der Waals surface area contributed by atoms with Gasteiger partial charge >= 0.3 is 22.5 Å². The molecule has 0 fully saturated rings. The van der Waals surface area contributed by atoms with Gasteiger partial charge in [0.05, 0.1) is 32.2 Å². The van der Waals surface area contributed by atoms with Crippen molar-refractivity contribution < 1.29 is 39.6 Å². The Labute approximate surface area is 312 Å². The molecule has 0 bridgehead atoms. The molecule has 2 aromatic heterocycles. The summed E-state index contributed by atoms with van der Waals surface area (Å²) in [6, 6.07) is 16.4. The molecule has 254 valence electrons. The van der Waals surface area contributed by atoms with Crippen LogP contribution in [0.5, 0.6) is 0 Å². The number of benzene rings is 4. The van der Waals surface area contributed by atoms with Crippen LogP contribution in [0.4, 0.5) is 17.6 Å². The van der Waals surface area contributed by atoms with Gasteiger partial charge in [0.15, 0.2) is 5.78 Å². The Kier molecular flexibility index (Phi) is 13.5. The Balaban J connectivity index is 0.000000209. The first-order chi connectivity index (χ1) is 23.7. The van der Waals surface area contributed by atoms with Gasteiger partial charge in [-0.1, -0.05) is 29.3 Å². The molecule has 0 aliphatic heterocycles. The first kappa shape index (κ1) is 38.9. The molecule has 7 nitrogen and oxygen atoms in total. The predicted molar refractivity (Wildman–Crippen MR) is 185 cm³/mol. The van der Waals surface area contributed by atoms with Crippen molar-refractivity contribution in [1.82, 2.24) is 9.97 Å². The van der Waals surface area contributed by atoms with E-state index in [0.29, 0.717) is 33.1 Å². The maximum absolute atomic E-state index is 13.8. The van der Waals surface area contributed by atoms with Gasteiger partial charge in [-0.15, -0.1) is 0 Å². The van der Waals surface area contributed by atoms with Crippen LogP contribution in [0.25, 0.3) is 21.8 Å². The molecule has 0 saturated carbocycles. The summed E-state index contributed by atoms with van der Waals surface area (Å²) in [7, 11) is 0. The predicted octanol–water partition coefficient (Wildman–Crippen LogP) is 9.73. The second-order valence-corrected chi connectivity index (χ2v) is 13.0. The summed E-state index contributed by atoms with van der Waals surface area (Å²) in [4.78, 5) is 45.2. The Hall–Kier alpha value is -3.91. The Bertz CT molecular complexity index is 2360. The summed E-state index contributed by atoms with van der Waals surface area (Å²) in [6.07, 6.45) is 3.27. The zero-order valence-electron chi connectivity index (χ0n) is 24.7. The van der Waals surface area contributed by atoms with Crippen molar-refractivity contribution in [2.24, 2.45) is 0 Å². The fraction of sp³-hybridized carbons (Fsp3) is 0.0294. The number of hydrogen-bond acceptors (Lipinski definition) is 7. The molecule has 6 rings (SSSR count). The van der Waals surface area contributed by atoms with Crippen molar-refractivity contribution in [3.63, 3.8) is 0 Å². The number of aromatic nitrogens is 2. The third-order valence-electron chi connectivity index (χ3n) is 6.76. The number of fused-ring (bicyclic) bond motifs is 2. The van der Waals surface area contributed by atoms with E-state index < -0.39 is 66.0 Å². The number of pyridine rings is 2. The first-order valence-corrected chi connectivity index (χ1v) is 17.4. The fourth-order valence-electron chi connectivity index (χ4n) is 4.48. The quantitative estimate of drug-likeness (QED) is 0.0538. The van der Waals surface area contributed by atoms with Crippen molar-refractivity contribution >= 4 is 109 Å². The molecule has 0 spiro atoms. The topological polar surface area (TPSA) is 111 Å². The standard InChI is InChI=1S/C17H7BrClF2NO2.C17H9BrClF2NO.O2Se/c18-10-4-9-3-8(1-2-15(9)22-7-10)16(23)17(24)11-5-12(19)14(21)6-13(11)20;18-11-5-10-3-9(1-2-16(10)22-8-11)4-17(23)12-6-13(19)15(21)7-14(12)20;1-3-2/h1-7H;1-3,5-8H,4H2;. The molecule has 0 amide bonds. The van der Waals surface area contributed by atoms with Crippen LogP contribution in [0.2, 0.25) is 10.0 Å². The third kappa shape index (κ3) is 9.65. The van der Waals surface area contributed by atoms with Gasteiger partial charge in [-0.2, -0.15) is 0 Å². The van der Waals surface area contributed by atoms with Gasteiger partial charge < -0.3 is 0 Å². The van der Waals surface area contributed by atoms with Crippen molar-refractivity contribution in [2.75, 3.05) is 0 Å². The van der Waals surface area contributed by atoms with Gasteiger partial charge in [0.25, 0.3) is 0 Å². The fourth-order valence-corrected chi connectivity index (χ4v) is 5.50. The maximum atomic E-state index is 13.8. The summed E-state index contributed by atoms with van der Waals surface area (Å²) in [5.74, 6) is -6.42. The van der Waals surface area contributed by atoms with Gasteiger partial charge in [0.1, 0.15) is 23.3 Å². The average Bonchev–Trinajstić information content (AvgIpc) is 3.07. The van der Waals surface area contributed by atoms with Crippen LogP contribution in [0, 0.1) is 23.3 Å². The van der Waals surface area contributed by atoms with E-state index in [1.54, 1.807) is 36.7 Å². The molecule has 6 aromatic rings. The zero-order valence-corrected chi connectivity index (χ0v) is 31.1. The molecule has 16 heteroatoms. The second kappa shape index (κ2) is 17.3. The molecule has 2 heterocycles. The number of ketones is 3.